The molecule has 0 aliphatic heterocycles. The van der Waals surface area contributed by atoms with Crippen molar-refractivity contribution in [1.29, 1.82) is 0 Å². The molecule has 8 heteroatoms. The molecule has 0 aliphatic rings. The van der Waals surface area contributed by atoms with E-state index in [1.165, 1.54) is 24.4 Å². The summed E-state index contributed by atoms with van der Waals surface area (Å²) in [7, 11) is 0. The maximum Gasteiger partial charge on any atom is 0.414 e. The highest BCUT2D eigenvalue weighted by Gasteiger charge is 2.18. The van der Waals surface area contributed by atoms with Crippen molar-refractivity contribution < 1.29 is 18.3 Å². The van der Waals surface area contributed by atoms with Crippen LogP contribution < -0.4 is 10.6 Å². The molecule has 4 aromatic rings. The minimum absolute atomic E-state index is 0.0266. The topological polar surface area (TPSA) is 76.4 Å². The molecule has 0 saturated carbocycles. The highest BCUT2D eigenvalue weighted by Crippen LogP contribution is 2.37. The lowest BCUT2D eigenvalue weighted by Crippen LogP contribution is -2.13. The fraction of sp³-hybridized carbons (Fsp3) is 0.0476. The lowest BCUT2D eigenvalue weighted by molar-refractivity contribution is 0.154. The third kappa shape index (κ3) is 4.30. The van der Waals surface area contributed by atoms with Gasteiger partial charge in [-0.1, -0.05) is 41.9 Å². The molecule has 2 N–H and O–H groups in total. The molecule has 29 heavy (non-hydrogen) atoms. The van der Waals surface area contributed by atoms with Crippen LogP contribution in [-0.4, -0.2) is 11.1 Å². The number of hydrogen-bond acceptors (Lipinski definition) is 5. The van der Waals surface area contributed by atoms with Crippen LogP contribution in [0.4, 0.5) is 26.4 Å². The van der Waals surface area contributed by atoms with Gasteiger partial charge in [0, 0.05) is 17.3 Å². The molecular formula is C21H15ClFN3O3. The minimum Gasteiger partial charge on any atom is -0.444 e. The van der Waals surface area contributed by atoms with Crippen LogP contribution in [0.5, 0.6) is 0 Å². The zero-order chi connectivity index (χ0) is 20.2. The van der Waals surface area contributed by atoms with Crippen LogP contribution in [0, 0.1) is 5.82 Å². The number of fused-ring (bicyclic) bond motifs is 1. The molecule has 0 atom stereocenters. The number of aromatic nitrogens is 1. The number of halogens is 2. The largest absolute Gasteiger partial charge is 0.444 e. The van der Waals surface area contributed by atoms with E-state index < -0.39 is 11.9 Å². The third-order valence-electron chi connectivity index (χ3n) is 4.11. The number of nitrogens with zero attached hydrogens (tertiary/aromatic N) is 1. The van der Waals surface area contributed by atoms with Gasteiger partial charge in [-0.25, -0.2) is 9.18 Å². The van der Waals surface area contributed by atoms with Crippen molar-refractivity contribution in [3.8, 4) is 0 Å². The van der Waals surface area contributed by atoms with Gasteiger partial charge in [-0.15, -0.1) is 0 Å². The summed E-state index contributed by atoms with van der Waals surface area (Å²) >= 11 is 5.86. The van der Waals surface area contributed by atoms with Crippen LogP contribution in [0.15, 0.2) is 71.4 Å². The van der Waals surface area contributed by atoms with Gasteiger partial charge in [0.15, 0.2) is 5.58 Å². The van der Waals surface area contributed by atoms with Crippen molar-refractivity contribution >= 4 is 45.9 Å². The zero-order valence-corrected chi connectivity index (χ0v) is 15.7. The van der Waals surface area contributed by atoms with E-state index in [1.807, 2.05) is 30.3 Å². The van der Waals surface area contributed by atoms with E-state index in [0.717, 1.165) is 5.56 Å². The quantitative estimate of drug-likeness (QED) is 0.414. The summed E-state index contributed by atoms with van der Waals surface area (Å²) in [6.07, 6.45) is 2.44. The van der Waals surface area contributed by atoms with Gasteiger partial charge < -0.3 is 14.5 Å². The number of anilines is 3. The second kappa shape index (κ2) is 8.20. The Morgan fingerprint density at radius 3 is 2.79 bits per heavy atom. The van der Waals surface area contributed by atoms with E-state index in [0.29, 0.717) is 22.3 Å². The molecule has 2 heterocycles. The van der Waals surface area contributed by atoms with Crippen molar-refractivity contribution in [2.75, 3.05) is 10.6 Å². The lowest BCUT2D eigenvalue weighted by atomic mass is 10.2. The fourth-order valence-corrected chi connectivity index (χ4v) is 2.91. The molecule has 146 valence electrons. The fourth-order valence-electron chi connectivity index (χ4n) is 2.73. The van der Waals surface area contributed by atoms with Gasteiger partial charge in [0.05, 0.1) is 11.2 Å². The number of hydrogen-bond donors (Lipinski definition) is 2. The number of nitrogens with one attached hydrogen (secondary N) is 2. The first kappa shape index (κ1) is 18.8. The second-order valence-electron chi connectivity index (χ2n) is 6.12. The summed E-state index contributed by atoms with van der Waals surface area (Å²) in [5.41, 5.74) is 2.32. The van der Waals surface area contributed by atoms with Gasteiger partial charge in [-0.2, -0.15) is 0 Å². The summed E-state index contributed by atoms with van der Waals surface area (Å²) < 4.78 is 24.4. The van der Waals surface area contributed by atoms with E-state index >= 15 is 0 Å². The van der Waals surface area contributed by atoms with Crippen LogP contribution in [0.3, 0.4) is 0 Å². The summed E-state index contributed by atoms with van der Waals surface area (Å²) in [6, 6.07) is 15.2. The normalized spacial score (nSPS) is 10.7. The predicted molar refractivity (Wildman–Crippen MR) is 109 cm³/mol. The van der Waals surface area contributed by atoms with Crippen molar-refractivity contribution in [1.82, 2.24) is 4.98 Å². The highest BCUT2D eigenvalue weighted by molar-refractivity contribution is 6.31. The molecule has 0 unspecified atom stereocenters. The molecule has 1 amide bonds. The van der Waals surface area contributed by atoms with Crippen molar-refractivity contribution in [3.63, 3.8) is 0 Å². The van der Waals surface area contributed by atoms with Crippen LogP contribution in [0.2, 0.25) is 5.02 Å². The Morgan fingerprint density at radius 1 is 1.17 bits per heavy atom. The Kier molecular flexibility index (Phi) is 5.31. The molecule has 2 aromatic carbocycles. The smallest absolute Gasteiger partial charge is 0.414 e. The number of pyridine rings is 1. The summed E-state index contributed by atoms with van der Waals surface area (Å²) in [6.45, 7) is 0.116. The zero-order valence-electron chi connectivity index (χ0n) is 15.0. The van der Waals surface area contributed by atoms with Gasteiger partial charge in [0.25, 0.3) is 0 Å². The second-order valence-corrected chi connectivity index (χ2v) is 6.53. The monoisotopic (exact) mass is 411 g/mol. The van der Waals surface area contributed by atoms with Gasteiger partial charge in [-0.05, 0) is 29.8 Å². The van der Waals surface area contributed by atoms with Crippen LogP contribution in [-0.2, 0) is 11.3 Å². The molecule has 0 bridgehead atoms. The maximum absolute atomic E-state index is 13.4. The van der Waals surface area contributed by atoms with E-state index in [-0.39, 0.29) is 17.5 Å². The molecule has 0 aliphatic carbocycles. The molecule has 6 nitrogen and oxygen atoms in total. The van der Waals surface area contributed by atoms with E-state index in [1.54, 1.807) is 12.3 Å². The predicted octanol–water partition coefficient (Wildman–Crippen LogP) is 6.11. The number of furan rings is 1. The van der Waals surface area contributed by atoms with Gasteiger partial charge in [0.2, 0.25) is 5.88 Å². The number of benzene rings is 2. The standard InChI is InChI=1S/C21H15ClFN3O3/c22-16-10-14(6-7-17(16)23)25-19-15-8-9-24-11-18(15)29-20(19)26-21(27)28-12-13-4-2-1-3-5-13/h1-11,25H,12H2,(H,26,27). The molecule has 0 saturated heterocycles. The first-order valence-corrected chi connectivity index (χ1v) is 9.04. The number of amides is 1. The van der Waals surface area contributed by atoms with E-state index in [4.69, 9.17) is 20.8 Å². The first-order valence-electron chi connectivity index (χ1n) is 8.66. The summed E-state index contributed by atoms with van der Waals surface area (Å²) in [5, 5.41) is 6.34. The van der Waals surface area contributed by atoms with Gasteiger partial charge >= 0.3 is 6.09 Å². The number of ether oxygens (including phenoxy) is 1. The Balaban J connectivity index is 1.57. The Morgan fingerprint density at radius 2 is 2.00 bits per heavy atom. The number of carbonyl (C=O) groups is 1. The molecule has 4 rings (SSSR count). The highest BCUT2D eigenvalue weighted by atomic mass is 35.5. The van der Waals surface area contributed by atoms with E-state index in [2.05, 4.69) is 15.6 Å². The van der Waals surface area contributed by atoms with Crippen LogP contribution in [0.25, 0.3) is 11.0 Å². The Labute approximate surface area is 170 Å². The summed E-state index contributed by atoms with van der Waals surface area (Å²) in [4.78, 5) is 16.3. The van der Waals surface area contributed by atoms with Gasteiger partial charge in [-0.3, -0.25) is 10.3 Å². The number of rotatable bonds is 5. The molecular weight excluding hydrogens is 397 g/mol. The Hall–Kier alpha value is -3.58. The Bertz CT molecular complexity index is 1160. The average molecular weight is 412 g/mol. The first-order chi connectivity index (χ1) is 14.1. The van der Waals surface area contributed by atoms with E-state index in [9.17, 15) is 9.18 Å². The van der Waals surface area contributed by atoms with Crippen molar-refractivity contribution in [2.24, 2.45) is 0 Å². The minimum atomic E-state index is -0.680. The maximum atomic E-state index is 13.4. The molecule has 0 fully saturated rings. The molecule has 0 radical (unpaired) electrons. The SMILES string of the molecule is O=C(Nc1oc2cnccc2c1Nc1ccc(F)c(Cl)c1)OCc1ccccc1. The number of carbonyl (C=O) groups excluding carboxylic acids is 1. The lowest BCUT2D eigenvalue weighted by Gasteiger charge is -2.09. The molecule has 0 spiro atoms. The average Bonchev–Trinajstić information content (AvgIpc) is 3.07. The summed E-state index contributed by atoms with van der Waals surface area (Å²) in [5.74, 6) is -0.382. The van der Waals surface area contributed by atoms with Crippen LogP contribution >= 0.6 is 11.6 Å². The third-order valence-corrected chi connectivity index (χ3v) is 4.40. The van der Waals surface area contributed by atoms with Crippen molar-refractivity contribution in [3.05, 3.63) is 83.4 Å². The molecule has 2 aromatic heterocycles. The van der Waals surface area contributed by atoms with Gasteiger partial charge in [0.1, 0.15) is 18.1 Å². The van der Waals surface area contributed by atoms with Crippen LogP contribution in [0.1, 0.15) is 5.56 Å². The van der Waals surface area contributed by atoms with Crippen molar-refractivity contribution in [2.45, 2.75) is 6.61 Å².